The van der Waals surface area contributed by atoms with Crippen molar-refractivity contribution in [1.29, 1.82) is 0 Å². The van der Waals surface area contributed by atoms with Crippen molar-refractivity contribution in [2.24, 2.45) is 0 Å². The molecule has 0 N–H and O–H groups in total. The summed E-state index contributed by atoms with van der Waals surface area (Å²) in [5.41, 5.74) is -0.522. The molecule has 4 heteroatoms. The Morgan fingerprint density at radius 3 is 2.07 bits per heavy atom. The standard InChI is InChI=1S/C11H12F2O2/c1-6(2)15-8-4-9(12)11(7(3)14)10(13)5-8/h4-6H,1-3H3. The Morgan fingerprint density at radius 1 is 1.27 bits per heavy atom. The molecule has 1 aromatic carbocycles. The normalized spacial score (nSPS) is 10.5. The highest BCUT2D eigenvalue weighted by Gasteiger charge is 2.15. The molecule has 82 valence electrons. The molecular weight excluding hydrogens is 202 g/mol. The molecular formula is C11H12F2O2. The average molecular weight is 214 g/mol. The van der Waals surface area contributed by atoms with Crippen molar-refractivity contribution >= 4 is 5.78 Å². The zero-order chi connectivity index (χ0) is 11.6. The second kappa shape index (κ2) is 4.38. The highest BCUT2D eigenvalue weighted by molar-refractivity contribution is 5.94. The monoisotopic (exact) mass is 214 g/mol. The summed E-state index contributed by atoms with van der Waals surface area (Å²) in [6, 6.07) is 2.03. The van der Waals surface area contributed by atoms with Crippen LogP contribution in [0.1, 0.15) is 31.1 Å². The fourth-order valence-corrected chi connectivity index (χ4v) is 1.23. The predicted octanol–water partition coefficient (Wildman–Crippen LogP) is 2.95. The van der Waals surface area contributed by atoms with Gasteiger partial charge in [-0.1, -0.05) is 0 Å². The molecule has 1 rings (SSSR count). The number of ketones is 1. The maximum Gasteiger partial charge on any atom is 0.165 e. The van der Waals surface area contributed by atoms with Crippen molar-refractivity contribution in [2.75, 3.05) is 0 Å². The van der Waals surface area contributed by atoms with Crippen LogP contribution in [-0.2, 0) is 0 Å². The van der Waals surface area contributed by atoms with Crippen LogP contribution in [0, 0.1) is 11.6 Å². The Labute approximate surface area is 86.9 Å². The number of hydrogen-bond donors (Lipinski definition) is 0. The van der Waals surface area contributed by atoms with Crippen molar-refractivity contribution in [2.45, 2.75) is 26.9 Å². The number of hydrogen-bond acceptors (Lipinski definition) is 2. The van der Waals surface area contributed by atoms with E-state index >= 15 is 0 Å². The SMILES string of the molecule is CC(=O)c1c(F)cc(OC(C)C)cc1F. The summed E-state index contributed by atoms with van der Waals surface area (Å²) in [6.07, 6.45) is -0.174. The van der Waals surface area contributed by atoms with Crippen LogP contribution in [0.2, 0.25) is 0 Å². The molecule has 0 aliphatic rings. The summed E-state index contributed by atoms with van der Waals surface area (Å²) >= 11 is 0. The van der Waals surface area contributed by atoms with Crippen LogP contribution in [0.15, 0.2) is 12.1 Å². The van der Waals surface area contributed by atoms with E-state index in [1.807, 2.05) is 0 Å². The molecule has 0 heterocycles. The molecule has 15 heavy (non-hydrogen) atoms. The van der Waals surface area contributed by atoms with Gasteiger partial charge in [0.25, 0.3) is 0 Å². The minimum Gasteiger partial charge on any atom is -0.491 e. The second-order valence-corrected chi connectivity index (χ2v) is 3.48. The summed E-state index contributed by atoms with van der Waals surface area (Å²) in [4.78, 5) is 10.9. The Kier molecular flexibility index (Phi) is 3.39. The molecule has 0 saturated carbocycles. The summed E-state index contributed by atoms with van der Waals surface area (Å²) in [6.45, 7) is 4.61. The molecule has 0 atom stereocenters. The zero-order valence-electron chi connectivity index (χ0n) is 8.80. The van der Waals surface area contributed by atoms with E-state index in [-0.39, 0.29) is 11.9 Å². The lowest BCUT2D eigenvalue weighted by Crippen LogP contribution is -2.08. The van der Waals surface area contributed by atoms with Crippen LogP contribution in [0.4, 0.5) is 8.78 Å². The largest absolute Gasteiger partial charge is 0.491 e. The van der Waals surface area contributed by atoms with Crippen LogP contribution in [0.5, 0.6) is 5.75 Å². The lowest BCUT2D eigenvalue weighted by molar-refractivity contribution is 0.100. The number of carbonyl (C=O) groups excluding carboxylic acids is 1. The molecule has 0 aliphatic carbocycles. The Morgan fingerprint density at radius 2 is 1.73 bits per heavy atom. The highest BCUT2D eigenvalue weighted by Crippen LogP contribution is 2.21. The van der Waals surface area contributed by atoms with Gasteiger partial charge in [-0.05, 0) is 20.8 Å². The first-order chi connectivity index (χ1) is 6.91. The summed E-state index contributed by atoms with van der Waals surface area (Å²) < 4.78 is 31.7. The molecule has 2 nitrogen and oxygen atoms in total. The van der Waals surface area contributed by atoms with E-state index < -0.39 is 23.0 Å². The fraction of sp³-hybridized carbons (Fsp3) is 0.364. The van der Waals surface area contributed by atoms with Gasteiger partial charge in [0.2, 0.25) is 0 Å². The van der Waals surface area contributed by atoms with E-state index in [2.05, 4.69) is 0 Å². The Balaban J connectivity index is 3.14. The van der Waals surface area contributed by atoms with Gasteiger partial charge in [0, 0.05) is 12.1 Å². The van der Waals surface area contributed by atoms with Crippen molar-refractivity contribution in [1.82, 2.24) is 0 Å². The predicted molar refractivity (Wildman–Crippen MR) is 52.1 cm³/mol. The van der Waals surface area contributed by atoms with Gasteiger partial charge in [-0.3, -0.25) is 4.79 Å². The maximum absolute atomic E-state index is 13.3. The van der Waals surface area contributed by atoms with Crippen LogP contribution in [0.3, 0.4) is 0 Å². The third-order valence-corrected chi connectivity index (χ3v) is 1.74. The smallest absolute Gasteiger partial charge is 0.165 e. The summed E-state index contributed by atoms with van der Waals surface area (Å²) in [5.74, 6) is -2.33. The van der Waals surface area contributed by atoms with Gasteiger partial charge < -0.3 is 4.74 Å². The van der Waals surface area contributed by atoms with Crippen LogP contribution in [0.25, 0.3) is 0 Å². The van der Waals surface area contributed by atoms with E-state index in [9.17, 15) is 13.6 Å². The van der Waals surface area contributed by atoms with Gasteiger partial charge >= 0.3 is 0 Å². The average Bonchev–Trinajstić information content (AvgIpc) is 1.99. The molecule has 0 fully saturated rings. The number of Topliss-reactive ketones (excluding diaryl/α,β-unsaturated/α-hetero) is 1. The van der Waals surface area contributed by atoms with Crippen molar-refractivity contribution in [3.63, 3.8) is 0 Å². The first kappa shape index (κ1) is 11.6. The van der Waals surface area contributed by atoms with Gasteiger partial charge in [-0.2, -0.15) is 0 Å². The molecule has 0 aromatic heterocycles. The van der Waals surface area contributed by atoms with Gasteiger partial charge in [0.05, 0.1) is 11.7 Å². The third kappa shape index (κ3) is 2.75. The van der Waals surface area contributed by atoms with Crippen LogP contribution < -0.4 is 4.74 Å². The molecule has 0 spiro atoms. The molecule has 0 saturated heterocycles. The van der Waals surface area contributed by atoms with Crippen molar-refractivity contribution < 1.29 is 18.3 Å². The molecule has 0 aliphatic heterocycles. The maximum atomic E-state index is 13.3. The summed E-state index contributed by atoms with van der Waals surface area (Å²) in [7, 11) is 0. The van der Waals surface area contributed by atoms with Crippen molar-refractivity contribution in [3.8, 4) is 5.75 Å². The molecule has 0 unspecified atom stereocenters. The number of halogens is 2. The van der Waals surface area contributed by atoms with Gasteiger partial charge in [0.1, 0.15) is 17.4 Å². The third-order valence-electron chi connectivity index (χ3n) is 1.74. The van der Waals surface area contributed by atoms with E-state index in [0.29, 0.717) is 0 Å². The molecule has 0 amide bonds. The van der Waals surface area contributed by atoms with Crippen LogP contribution in [-0.4, -0.2) is 11.9 Å². The first-order valence-corrected chi connectivity index (χ1v) is 4.58. The summed E-state index contributed by atoms with van der Waals surface area (Å²) in [5, 5.41) is 0. The number of benzene rings is 1. The lowest BCUT2D eigenvalue weighted by Gasteiger charge is -2.10. The molecule has 0 bridgehead atoms. The first-order valence-electron chi connectivity index (χ1n) is 4.58. The van der Waals surface area contributed by atoms with E-state index in [4.69, 9.17) is 4.74 Å². The lowest BCUT2D eigenvalue weighted by atomic mass is 10.1. The Bertz CT molecular complexity index is 363. The number of rotatable bonds is 3. The van der Waals surface area contributed by atoms with Gasteiger partial charge in [0.15, 0.2) is 5.78 Å². The zero-order valence-corrected chi connectivity index (χ0v) is 8.80. The van der Waals surface area contributed by atoms with E-state index in [1.54, 1.807) is 13.8 Å². The van der Waals surface area contributed by atoms with E-state index in [0.717, 1.165) is 19.1 Å². The van der Waals surface area contributed by atoms with Crippen LogP contribution >= 0.6 is 0 Å². The number of carbonyl (C=O) groups is 1. The molecule has 0 radical (unpaired) electrons. The van der Waals surface area contributed by atoms with Gasteiger partial charge in [-0.25, -0.2) is 8.78 Å². The van der Waals surface area contributed by atoms with E-state index in [1.165, 1.54) is 0 Å². The topological polar surface area (TPSA) is 26.3 Å². The minimum absolute atomic E-state index is 0.0880. The fourth-order valence-electron chi connectivity index (χ4n) is 1.23. The molecule has 1 aromatic rings. The van der Waals surface area contributed by atoms with Gasteiger partial charge in [-0.15, -0.1) is 0 Å². The quantitative estimate of drug-likeness (QED) is 0.723. The second-order valence-electron chi connectivity index (χ2n) is 3.48. The minimum atomic E-state index is -0.891. The Hall–Kier alpha value is -1.45. The number of ether oxygens (including phenoxy) is 1. The highest BCUT2D eigenvalue weighted by atomic mass is 19.1. The van der Waals surface area contributed by atoms with Crippen molar-refractivity contribution in [3.05, 3.63) is 29.3 Å².